The summed E-state index contributed by atoms with van der Waals surface area (Å²) in [5, 5.41) is 15.7. The van der Waals surface area contributed by atoms with Crippen LogP contribution in [0.4, 0.5) is 0 Å². The van der Waals surface area contributed by atoms with Crippen molar-refractivity contribution in [2.75, 3.05) is 13.1 Å². The average Bonchev–Trinajstić information content (AvgIpc) is 3.34. The van der Waals surface area contributed by atoms with Gasteiger partial charge in [-0.05, 0) is 35.7 Å². The number of likely N-dealkylation sites (tertiary alicyclic amines) is 1. The molecule has 6 nitrogen and oxygen atoms in total. The Morgan fingerprint density at radius 2 is 1.85 bits per heavy atom. The number of carboxylic acids is 1. The third-order valence-electron chi connectivity index (χ3n) is 4.47. The van der Waals surface area contributed by atoms with Gasteiger partial charge in [0, 0.05) is 23.9 Å². The van der Waals surface area contributed by atoms with E-state index >= 15 is 0 Å². The Labute approximate surface area is 159 Å². The van der Waals surface area contributed by atoms with E-state index in [2.05, 4.69) is 5.32 Å². The first-order valence-corrected chi connectivity index (χ1v) is 10.2. The Kier molecular flexibility index (Phi) is 6.05. The average molecular weight is 393 g/mol. The van der Waals surface area contributed by atoms with Crippen molar-refractivity contribution in [1.29, 1.82) is 0 Å². The van der Waals surface area contributed by atoms with Gasteiger partial charge in [0.2, 0.25) is 5.91 Å². The number of piperidine rings is 1. The van der Waals surface area contributed by atoms with Crippen molar-refractivity contribution in [3.63, 3.8) is 0 Å². The number of rotatable bonds is 6. The van der Waals surface area contributed by atoms with Gasteiger partial charge in [0.25, 0.3) is 5.91 Å². The highest BCUT2D eigenvalue weighted by molar-refractivity contribution is 7.12. The quantitative estimate of drug-likeness (QED) is 0.791. The number of carboxylic acid groups (broad SMARTS) is 1. The molecule has 1 atom stereocenters. The zero-order chi connectivity index (χ0) is 18.5. The molecule has 2 amide bonds. The van der Waals surface area contributed by atoms with E-state index in [9.17, 15) is 14.4 Å². The number of nitrogens with zero attached hydrogens (tertiary/aromatic N) is 1. The number of thiophene rings is 2. The highest BCUT2D eigenvalue weighted by Crippen LogP contribution is 2.25. The topological polar surface area (TPSA) is 86.7 Å². The molecule has 2 aromatic heterocycles. The summed E-state index contributed by atoms with van der Waals surface area (Å²) in [5.41, 5.74) is 0. The van der Waals surface area contributed by atoms with Gasteiger partial charge in [-0.25, -0.2) is 0 Å². The summed E-state index contributed by atoms with van der Waals surface area (Å²) >= 11 is 2.85. The maximum absolute atomic E-state index is 12.6. The minimum atomic E-state index is -0.944. The number of hydrogen-bond acceptors (Lipinski definition) is 5. The second kappa shape index (κ2) is 8.46. The first-order chi connectivity index (χ1) is 12.5. The van der Waals surface area contributed by atoms with Crippen molar-refractivity contribution in [3.8, 4) is 0 Å². The fourth-order valence-corrected chi connectivity index (χ4v) is 4.55. The van der Waals surface area contributed by atoms with Crippen LogP contribution in [0.2, 0.25) is 0 Å². The number of amides is 2. The van der Waals surface area contributed by atoms with Gasteiger partial charge in [0.05, 0.1) is 17.3 Å². The van der Waals surface area contributed by atoms with Crippen LogP contribution in [0.15, 0.2) is 35.0 Å². The Morgan fingerprint density at radius 1 is 1.15 bits per heavy atom. The molecule has 3 heterocycles. The van der Waals surface area contributed by atoms with Gasteiger partial charge in [0.1, 0.15) is 0 Å². The number of carbonyl (C=O) groups excluding carboxylic acids is 2. The predicted molar refractivity (Wildman–Crippen MR) is 100 cm³/mol. The lowest BCUT2D eigenvalue weighted by molar-refractivity contribution is -0.138. The van der Waals surface area contributed by atoms with Gasteiger partial charge in [0.15, 0.2) is 0 Å². The van der Waals surface area contributed by atoms with Crippen molar-refractivity contribution >= 4 is 40.5 Å². The van der Waals surface area contributed by atoms with E-state index in [0.29, 0.717) is 30.8 Å². The van der Waals surface area contributed by atoms with Gasteiger partial charge in [-0.1, -0.05) is 12.1 Å². The van der Waals surface area contributed by atoms with Crippen LogP contribution >= 0.6 is 22.7 Å². The molecule has 1 fully saturated rings. The predicted octanol–water partition coefficient (Wildman–Crippen LogP) is 2.99. The third-order valence-corrected chi connectivity index (χ3v) is 6.31. The van der Waals surface area contributed by atoms with Crippen molar-refractivity contribution in [2.24, 2.45) is 5.92 Å². The summed E-state index contributed by atoms with van der Waals surface area (Å²) in [7, 11) is 0. The molecule has 0 radical (unpaired) electrons. The highest BCUT2D eigenvalue weighted by Gasteiger charge is 2.30. The van der Waals surface area contributed by atoms with Crippen molar-refractivity contribution in [1.82, 2.24) is 10.2 Å². The summed E-state index contributed by atoms with van der Waals surface area (Å²) in [6.45, 7) is 1.08. The van der Waals surface area contributed by atoms with E-state index in [-0.39, 0.29) is 24.2 Å². The summed E-state index contributed by atoms with van der Waals surface area (Å²) in [4.78, 5) is 39.4. The first-order valence-electron chi connectivity index (χ1n) is 8.43. The Balaban J connectivity index is 1.55. The molecule has 1 aliphatic heterocycles. The Morgan fingerprint density at radius 3 is 2.42 bits per heavy atom. The molecule has 1 saturated heterocycles. The largest absolute Gasteiger partial charge is 0.481 e. The van der Waals surface area contributed by atoms with Crippen LogP contribution in [0.3, 0.4) is 0 Å². The molecule has 2 aromatic rings. The zero-order valence-corrected chi connectivity index (χ0v) is 15.7. The SMILES string of the molecule is O=C(O)CC(NC(=O)C1CCN(C(=O)c2cccs2)CC1)c1cccs1. The molecule has 3 rings (SSSR count). The molecular weight excluding hydrogens is 372 g/mol. The smallest absolute Gasteiger partial charge is 0.305 e. The fourth-order valence-electron chi connectivity index (χ4n) is 3.08. The van der Waals surface area contributed by atoms with Crippen LogP contribution in [0, 0.1) is 5.92 Å². The third kappa shape index (κ3) is 4.50. The van der Waals surface area contributed by atoms with Crippen molar-refractivity contribution in [3.05, 3.63) is 44.8 Å². The molecular formula is C18H20N2O4S2. The van der Waals surface area contributed by atoms with Gasteiger partial charge in [-0.2, -0.15) is 0 Å². The second-order valence-corrected chi connectivity index (χ2v) is 8.15. The summed E-state index contributed by atoms with van der Waals surface area (Å²) < 4.78 is 0. The number of carbonyl (C=O) groups is 3. The van der Waals surface area contributed by atoms with Crippen molar-refractivity contribution in [2.45, 2.75) is 25.3 Å². The van der Waals surface area contributed by atoms with E-state index in [1.165, 1.54) is 22.7 Å². The first kappa shape index (κ1) is 18.6. The Bertz CT molecular complexity index is 750. The van der Waals surface area contributed by atoms with Crippen LogP contribution in [0.5, 0.6) is 0 Å². The van der Waals surface area contributed by atoms with Gasteiger partial charge >= 0.3 is 5.97 Å². The molecule has 0 aliphatic carbocycles. The molecule has 1 unspecified atom stereocenters. The summed E-state index contributed by atoms with van der Waals surface area (Å²) in [5.74, 6) is -1.26. The van der Waals surface area contributed by atoms with Crippen LogP contribution in [0.1, 0.15) is 39.9 Å². The van der Waals surface area contributed by atoms with Crippen LogP contribution in [-0.2, 0) is 9.59 Å². The number of nitrogens with one attached hydrogen (secondary N) is 1. The molecule has 0 aromatic carbocycles. The van der Waals surface area contributed by atoms with Gasteiger partial charge in [-0.3, -0.25) is 14.4 Å². The van der Waals surface area contributed by atoms with Crippen LogP contribution in [-0.4, -0.2) is 40.9 Å². The van der Waals surface area contributed by atoms with E-state index in [1.54, 1.807) is 4.90 Å². The van der Waals surface area contributed by atoms with E-state index in [4.69, 9.17) is 5.11 Å². The van der Waals surface area contributed by atoms with Crippen molar-refractivity contribution < 1.29 is 19.5 Å². The number of hydrogen-bond donors (Lipinski definition) is 2. The lowest BCUT2D eigenvalue weighted by Gasteiger charge is -2.31. The zero-order valence-electron chi connectivity index (χ0n) is 14.1. The monoisotopic (exact) mass is 392 g/mol. The van der Waals surface area contributed by atoms with E-state index in [0.717, 1.165) is 4.88 Å². The summed E-state index contributed by atoms with van der Waals surface area (Å²) in [6, 6.07) is 6.83. The second-order valence-electron chi connectivity index (χ2n) is 6.22. The fraction of sp³-hybridized carbons (Fsp3) is 0.389. The van der Waals surface area contributed by atoms with Gasteiger partial charge < -0.3 is 15.3 Å². The van der Waals surface area contributed by atoms with Crippen LogP contribution < -0.4 is 5.32 Å². The molecule has 26 heavy (non-hydrogen) atoms. The maximum atomic E-state index is 12.6. The van der Waals surface area contributed by atoms with Crippen LogP contribution in [0.25, 0.3) is 0 Å². The lowest BCUT2D eigenvalue weighted by Crippen LogP contribution is -2.43. The molecule has 1 aliphatic rings. The van der Waals surface area contributed by atoms with Gasteiger partial charge in [-0.15, -0.1) is 22.7 Å². The standard InChI is InChI=1S/C18H20N2O4S2/c21-16(22)11-13(14-3-1-9-25-14)19-17(23)12-5-7-20(8-6-12)18(24)15-4-2-10-26-15/h1-4,9-10,12-13H,5-8,11H2,(H,19,23)(H,21,22). The summed E-state index contributed by atoms with van der Waals surface area (Å²) in [6.07, 6.45) is 1.04. The number of aliphatic carboxylic acids is 1. The molecule has 8 heteroatoms. The molecule has 2 N–H and O–H groups in total. The van der Waals surface area contributed by atoms with E-state index < -0.39 is 12.0 Å². The molecule has 0 saturated carbocycles. The lowest BCUT2D eigenvalue weighted by atomic mass is 9.95. The highest BCUT2D eigenvalue weighted by atomic mass is 32.1. The van der Waals surface area contributed by atoms with E-state index in [1.807, 2.05) is 35.0 Å². The normalized spacial score (nSPS) is 16.2. The molecule has 138 valence electrons. The molecule has 0 bridgehead atoms. The Hall–Kier alpha value is -2.19. The minimum Gasteiger partial charge on any atom is -0.481 e. The maximum Gasteiger partial charge on any atom is 0.305 e. The minimum absolute atomic E-state index is 0.0150. The molecule has 0 spiro atoms.